The maximum absolute atomic E-state index is 14.4. The molecule has 0 aliphatic carbocycles. The van der Waals surface area contributed by atoms with Crippen LogP contribution in [0, 0.1) is 11.8 Å². The van der Waals surface area contributed by atoms with Crippen LogP contribution < -0.4 is 43.4 Å². The third kappa shape index (κ3) is 12.8. The van der Waals surface area contributed by atoms with Crippen molar-refractivity contribution in [2.24, 2.45) is 23.3 Å². The molecule has 2 heterocycles. The minimum atomic E-state index is -1.52. The van der Waals surface area contributed by atoms with Gasteiger partial charge in [-0.05, 0) is 67.0 Å². The maximum atomic E-state index is 14.4. The van der Waals surface area contributed by atoms with Crippen molar-refractivity contribution in [2.45, 2.75) is 102 Å². The van der Waals surface area contributed by atoms with E-state index in [1.807, 2.05) is 38.1 Å². The van der Waals surface area contributed by atoms with Crippen LogP contribution in [0.5, 0.6) is 0 Å². The van der Waals surface area contributed by atoms with Gasteiger partial charge in [0.15, 0.2) is 0 Å². The zero-order valence-electron chi connectivity index (χ0n) is 32.7. The topological polar surface area (TPSA) is 260 Å². The SMILES string of the molecule is CC(C)C[C@H]1NC(=O)[C@@H](Cc2ccc(Cl)cc2)NC(=O)[C@H](Cc2c[nH]c3ccccc23)NC(=O)[C@@H](CCCN)NC(=O)[C@H](CC(N)=O)NC(=O)[C@H](C(C)C)NC1=O. The van der Waals surface area contributed by atoms with Crippen molar-refractivity contribution in [3.63, 3.8) is 0 Å². The van der Waals surface area contributed by atoms with Crippen LogP contribution in [0.1, 0.15) is 64.5 Å². The first-order valence-electron chi connectivity index (χ1n) is 19.2. The number of hydrogen-bond acceptors (Lipinski definition) is 8. The Morgan fingerprint density at radius 2 is 1.23 bits per heavy atom. The van der Waals surface area contributed by atoms with Gasteiger partial charge < -0.3 is 48.4 Å². The Labute approximate surface area is 336 Å². The van der Waals surface area contributed by atoms with Crippen LogP contribution in [0.25, 0.3) is 10.9 Å². The number of para-hydroxylation sites is 1. The molecule has 4 rings (SSSR count). The predicted octanol–water partition coefficient (Wildman–Crippen LogP) is 0.845. The van der Waals surface area contributed by atoms with E-state index in [4.69, 9.17) is 23.1 Å². The number of halogens is 1. The second-order valence-corrected chi connectivity index (χ2v) is 15.6. The van der Waals surface area contributed by atoms with E-state index in [1.54, 1.807) is 44.3 Å². The van der Waals surface area contributed by atoms with Crippen LogP contribution in [-0.2, 0) is 46.4 Å². The summed E-state index contributed by atoms with van der Waals surface area (Å²) in [6.45, 7) is 7.22. The summed E-state index contributed by atoms with van der Waals surface area (Å²) in [7, 11) is 0. The van der Waals surface area contributed by atoms with Crippen LogP contribution in [0.15, 0.2) is 54.7 Å². The van der Waals surface area contributed by atoms with Crippen molar-refractivity contribution >= 4 is 63.9 Å². The van der Waals surface area contributed by atoms with Gasteiger partial charge in [-0.25, -0.2) is 0 Å². The van der Waals surface area contributed by atoms with Gasteiger partial charge in [0.25, 0.3) is 0 Å². The average Bonchev–Trinajstić information content (AvgIpc) is 3.56. The van der Waals surface area contributed by atoms with E-state index in [1.165, 1.54) is 0 Å². The number of rotatable bonds is 12. The molecule has 0 radical (unpaired) electrons. The van der Waals surface area contributed by atoms with Crippen molar-refractivity contribution in [1.29, 1.82) is 0 Å². The number of fused-ring (bicyclic) bond motifs is 1. The Morgan fingerprint density at radius 3 is 1.84 bits per heavy atom. The Kier molecular flexibility index (Phi) is 16.0. The molecule has 0 spiro atoms. The average molecular weight is 808 g/mol. The predicted molar refractivity (Wildman–Crippen MR) is 215 cm³/mol. The fourth-order valence-corrected chi connectivity index (χ4v) is 6.76. The third-order valence-corrected chi connectivity index (χ3v) is 9.93. The molecule has 17 heteroatoms. The number of carbonyl (C=O) groups is 7. The van der Waals surface area contributed by atoms with Crippen molar-refractivity contribution in [3.05, 3.63) is 70.9 Å². The van der Waals surface area contributed by atoms with E-state index in [9.17, 15) is 33.6 Å². The van der Waals surface area contributed by atoms with Gasteiger partial charge in [-0.1, -0.05) is 69.6 Å². The molecule has 0 unspecified atom stereocenters. The highest BCUT2D eigenvalue weighted by Crippen LogP contribution is 2.20. The van der Waals surface area contributed by atoms with Gasteiger partial charge in [-0.3, -0.25) is 33.6 Å². The number of aromatic amines is 1. The van der Waals surface area contributed by atoms with E-state index < -0.39 is 89.9 Å². The lowest BCUT2D eigenvalue weighted by Gasteiger charge is -2.30. The van der Waals surface area contributed by atoms with E-state index in [0.29, 0.717) is 16.1 Å². The Bertz CT molecular complexity index is 1920. The minimum Gasteiger partial charge on any atom is -0.370 e. The van der Waals surface area contributed by atoms with Gasteiger partial charge in [-0.15, -0.1) is 0 Å². The minimum absolute atomic E-state index is 0.00797. The fraction of sp³-hybridized carbons (Fsp3) is 0.475. The van der Waals surface area contributed by atoms with Crippen molar-refractivity contribution in [1.82, 2.24) is 36.9 Å². The van der Waals surface area contributed by atoms with Crippen LogP contribution in [0.4, 0.5) is 0 Å². The van der Waals surface area contributed by atoms with Crippen molar-refractivity contribution in [2.75, 3.05) is 6.54 Å². The summed E-state index contributed by atoms with van der Waals surface area (Å²) >= 11 is 6.14. The van der Waals surface area contributed by atoms with E-state index in [-0.39, 0.29) is 44.6 Å². The van der Waals surface area contributed by atoms with Gasteiger partial charge in [0.1, 0.15) is 36.3 Å². The van der Waals surface area contributed by atoms with Crippen molar-refractivity contribution in [3.8, 4) is 0 Å². The molecular weight excluding hydrogens is 754 g/mol. The van der Waals surface area contributed by atoms with Gasteiger partial charge in [0.05, 0.1) is 6.42 Å². The molecule has 6 atom stereocenters. The van der Waals surface area contributed by atoms with Crippen LogP contribution in [-0.4, -0.2) is 89.1 Å². The second-order valence-electron chi connectivity index (χ2n) is 15.2. The summed E-state index contributed by atoms with van der Waals surface area (Å²) < 4.78 is 0. The van der Waals surface area contributed by atoms with Gasteiger partial charge in [0.2, 0.25) is 41.4 Å². The summed E-state index contributed by atoms with van der Waals surface area (Å²) in [5, 5.41) is 17.5. The summed E-state index contributed by atoms with van der Waals surface area (Å²) in [6.07, 6.45) is 1.56. The largest absolute Gasteiger partial charge is 0.370 e. The highest BCUT2D eigenvalue weighted by molar-refractivity contribution is 6.30. The number of nitrogens with one attached hydrogen (secondary N) is 7. The van der Waals surface area contributed by atoms with Gasteiger partial charge >= 0.3 is 0 Å². The lowest BCUT2D eigenvalue weighted by Crippen LogP contribution is -2.62. The molecule has 1 aliphatic rings. The summed E-state index contributed by atoms with van der Waals surface area (Å²) in [6, 6.07) is 6.44. The number of primary amides is 1. The molecule has 0 bridgehead atoms. The molecule has 1 aliphatic heterocycles. The van der Waals surface area contributed by atoms with Crippen LogP contribution in [0.3, 0.4) is 0 Å². The van der Waals surface area contributed by atoms with Crippen LogP contribution >= 0.6 is 11.6 Å². The van der Waals surface area contributed by atoms with Crippen molar-refractivity contribution < 1.29 is 33.6 Å². The molecule has 57 heavy (non-hydrogen) atoms. The molecule has 0 saturated carbocycles. The number of H-pyrrole nitrogens is 1. The van der Waals surface area contributed by atoms with E-state index >= 15 is 0 Å². The molecule has 308 valence electrons. The zero-order chi connectivity index (χ0) is 41.8. The molecule has 1 saturated heterocycles. The highest BCUT2D eigenvalue weighted by Gasteiger charge is 2.36. The Hall–Kier alpha value is -5.48. The number of aromatic nitrogens is 1. The summed E-state index contributed by atoms with van der Waals surface area (Å²) in [5.74, 6) is -6.01. The lowest BCUT2D eigenvalue weighted by molar-refractivity contribution is -0.137. The lowest BCUT2D eigenvalue weighted by atomic mass is 9.98. The van der Waals surface area contributed by atoms with Gasteiger partial charge in [-0.2, -0.15) is 0 Å². The molecule has 11 N–H and O–H groups in total. The number of hydrogen-bond donors (Lipinski definition) is 9. The smallest absolute Gasteiger partial charge is 0.243 e. The quantitative estimate of drug-likeness (QED) is 0.126. The van der Waals surface area contributed by atoms with E-state index in [2.05, 4.69) is 36.9 Å². The molecule has 7 amide bonds. The Balaban J connectivity index is 1.82. The monoisotopic (exact) mass is 807 g/mol. The standard InChI is InChI=1S/C40H54ClN9O7/c1-21(2)16-29-39(56)50-34(22(3)4)40(57)49-32(19-33(43)51)38(55)45-28(10-7-15-42)35(52)48-31(18-24-20-44-27-9-6-5-8-26(24)27)37(54)47-30(36(53)46-29)17-23-11-13-25(41)14-12-23/h5-6,8-9,11-14,20-22,28-32,34,44H,7,10,15-19,42H2,1-4H3,(H2,43,51)(H,45,55)(H,46,53)(H,47,54)(H,48,52)(H,49,57)(H,50,56)/t28-,29-,30-,31+,32+,34+/m1/s1. The molecule has 16 nitrogen and oxygen atoms in total. The summed E-state index contributed by atoms with van der Waals surface area (Å²) in [5.41, 5.74) is 13.4. The molecule has 2 aromatic carbocycles. The molecule has 1 fully saturated rings. The fourth-order valence-electron chi connectivity index (χ4n) is 6.64. The number of nitrogens with two attached hydrogens (primary N) is 2. The van der Waals surface area contributed by atoms with Crippen LogP contribution in [0.2, 0.25) is 5.02 Å². The molecule has 1 aromatic heterocycles. The molecular formula is C40H54ClN9O7. The second kappa shape index (κ2) is 20.6. The van der Waals surface area contributed by atoms with E-state index in [0.717, 1.165) is 10.9 Å². The number of carbonyl (C=O) groups excluding carboxylic acids is 7. The number of benzene rings is 2. The normalized spacial score (nSPS) is 23.2. The number of amides is 7. The maximum Gasteiger partial charge on any atom is 0.243 e. The third-order valence-electron chi connectivity index (χ3n) is 9.67. The first-order chi connectivity index (χ1) is 27.1. The zero-order valence-corrected chi connectivity index (χ0v) is 33.4. The summed E-state index contributed by atoms with van der Waals surface area (Å²) in [4.78, 5) is 99.5. The first kappa shape index (κ1) is 44.2. The Morgan fingerprint density at radius 1 is 0.684 bits per heavy atom. The molecule has 3 aromatic rings. The van der Waals surface area contributed by atoms with Gasteiger partial charge in [0, 0.05) is 35.0 Å². The highest BCUT2D eigenvalue weighted by atomic mass is 35.5. The first-order valence-corrected chi connectivity index (χ1v) is 19.5.